The molecule has 0 aliphatic heterocycles. The average Bonchev–Trinajstić information content (AvgIpc) is 3.27. The Labute approximate surface area is 215 Å². The minimum Gasteiger partial charge on any atom is -0.462 e. The molecule has 0 saturated carbocycles. The molecule has 194 valence electrons. The summed E-state index contributed by atoms with van der Waals surface area (Å²) in [6, 6.07) is 1.75. The molecule has 0 spiro atoms. The summed E-state index contributed by atoms with van der Waals surface area (Å²) in [6.45, 7) is 14.7. The van der Waals surface area contributed by atoms with Crippen LogP contribution in [0.5, 0.6) is 0 Å². The number of amides is 1. The van der Waals surface area contributed by atoms with E-state index in [1.54, 1.807) is 11.8 Å². The first-order valence-corrected chi connectivity index (χ1v) is 13.8. The molecular formula is C29H43NO4S. The Bertz CT molecular complexity index is 927. The van der Waals surface area contributed by atoms with E-state index in [0.717, 1.165) is 24.1 Å². The number of carbonyl (C=O) groups excluding carboxylic acids is 2. The van der Waals surface area contributed by atoms with Gasteiger partial charge < -0.3 is 14.4 Å². The highest BCUT2D eigenvalue weighted by Gasteiger charge is 2.31. The van der Waals surface area contributed by atoms with Gasteiger partial charge in [-0.15, -0.1) is 11.3 Å². The fourth-order valence-corrected chi connectivity index (χ4v) is 5.19. The Balaban J connectivity index is 2.57. The maximum absolute atomic E-state index is 13.8. The third-order valence-corrected chi connectivity index (χ3v) is 7.13. The summed E-state index contributed by atoms with van der Waals surface area (Å²) in [5.74, 6) is -0.401. The van der Waals surface area contributed by atoms with Crippen LogP contribution in [-0.2, 0) is 14.3 Å². The highest BCUT2D eigenvalue weighted by atomic mass is 32.1. The number of carbonyl (C=O) groups is 2. The zero-order valence-corrected chi connectivity index (χ0v) is 23.3. The number of allylic oxidation sites excluding steroid dienone is 3. The van der Waals surface area contributed by atoms with Gasteiger partial charge in [-0.2, -0.15) is 0 Å². The molecule has 1 aromatic heterocycles. The SMILES string of the molecule is CCOC(=O)c1sc(C2=CCCCC2)cc1N(C(=O)C(C)/C=C/C(C)C)C(C)/C=C/C(C)OCC. The molecule has 1 aromatic rings. The van der Waals surface area contributed by atoms with Crippen molar-refractivity contribution in [1.29, 1.82) is 0 Å². The molecule has 1 amide bonds. The highest BCUT2D eigenvalue weighted by molar-refractivity contribution is 7.15. The van der Waals surface area contributed by atoms with Crippen LogP contribution in [0.3, 0.4) is 0 Å². The first kappa shape index (κ1) is 29.1. The summed E-state index contributed by atoms with van der Waals surface area (Å²) in [7, 11) is 0. The van der Waals surface area contributed by atoms with Crippen molar-refractivity contribution >= 4 is 34.5 Å². The van der Waals surface area contributed by atoms with Crippen molar-refractivity contribution in [2.24, 2.45) is 11.8 Å². The van der Waals surface area contributed by atoms with Gasteiger partial charge in [-0.1, -0.05) is 51.2 Å². The predicted molar refractivity (Wildman–Crippen MR) is 147 cm³/mol. The molecule has 5 nitrogen and oxygen atoms in total. The molecule has 0 bridgehead atoms. The van der Waals surface area contributed by atoms with Crippen LogP contribution < -0.4 is 4.90 Å². The molecule has 0 N–H and O–H groups in total. The van der Waals surface area contributed by atoms with Crippen LogP contribution in [-0.4, -0.2) is 37.2 Å². The number of hydrogen-bond acceptors (Lipinski definition) is 5. The van der Waals surface area contributed by atoms with Crippen molar-refractivity contribution in [1.82, 2.24) is 0 Å². The molecule has 3 unspecified atom stereocenters. The van der Waals surface area contributed by atoms with Crippen LogP contribution in [0, 0.1) is 11.8 Å². The van der Waals surface area contributed by atoms with Gasteiger partial charge in [0.05, 0.1) is 30.4 Å². The van der Waals surface area contributed by atoms with Crippen molar-refractivity contribution < 1.29 is 19.1 Å². The molecule has 1 heterocycles. The number of rotatable bonds is 12. The molecule has 3 atom stereocenters. The largest absolute Gasteiger partial charge is 0.462 e. The van der Waals surface area contributed by atoms with Gasteiger partial charge in [-0.3, -0.25) is 4.79 Å². The monoisotopic (exact) mass is 501 g/mol. The number of anilines is 1. The molecular weight excluding hydrogens is 458 g/mol. The van der Waals surface area contributed by atoms with Gasteiger partial charge in [-0.25, -0.2) is 4.79 Å². The third-order valence-electron chi connectivity index (χ3n) is 5.95. The maximum Gasteiger partial charge on any atom is 0.350 e. The van der Waals surface area contributed by atoms with E-state index in [4.69, 9.17) is 9.47 Å². The van der Waals surface area contributed by atoms with Gasteiger partial charge in [0, 0.05) is 11.5 Å². The molecule has 35 heavy (non-hydrogen) atoms. The molecule has 6 heteroatoms. The molecule has 0 radical (unpaired) electrons. The van der Waals surface area contributed by atoms with E-state index in [0.29, 0.717) is 23.1 Å². The van der Waals surface area contributed by atoms with Crippen molar-refractivity contribution in [2.45, 2.75) is 86.3 Å². The fraction of sp³-hybridized carbons (Fsp3) is 0.586. The Kier molecular flexibility index (Phi) is 12.0. The van der Waals surface area contributed by atoms with E-state index in [-0.39, 0.29) is 36.5 Å². The number of ether oxygens (including phenoxy) is 2. The van der Waals surface area contributed by atoms with E-state index in [9.17, 15) is 9.59 Å². The van der Waals surface area contributed by atoms with E-state index in [2.05, 4.69) is 26.0 Å². The van der Waals surface area contributed by atoms with E-state index in [1.807, 2.05) is 52.0 Å². The normalized spacial score (nSPS) is 17.0. The molecule has 1 aliphatic carbocycles. The Morgan fingerprint density at radius 3 is 2.37 bits per heavy atom. The van der Waals surface area contributed by atoms with Gasteiger partial charge in [0.15, 0.2) is 0 Å². The second-order valence-electron chi connectivity index (χ2n) is 9.43. The van der Waals surface area contributed by atoms with Crippen molar-refractivity contribution in [3.63, 3.8) is 0 Å². The van der Waals surface area contributed by atoms with Crippen molar-refractivity contribution in [3.05, 3.63) is 46.2 Å². The first-order valence-electron chi connectivity index (χ1n) is 13.0. The lowest BCUT2D eigenvalue weighted by molar-refractivity contribution is -0.120. The van der Waals surface area contributed by atoms with Gasteiger partial charge in [0.25, 0.3) is 0 Å². The zero-order chi connectivity index (χ0) is 26.0. The predicted octanol–water partition coefficient (Wildman–Crippen LogP) is 7.43. The van der Waals surface area contributed by atoms with Gasteiger partial charge >= 0.3 is 5.97 Å². The maximum atomic E-state index is 13.8. The summed E-state index contributed by atoms with van der Waals surface area (Å²) in [6.07, 6.45) is 14.5. The lowest BCUT2D eigenvalue weighted by Gasteiger charge is -2.29. The van der Waals surface area contributed by atoms with Crippen molar-refractivity contribution in [3.8, 4) is 0 Å². The highest BCUT2D eigenvalue weighted by Crippen LogP contribution is 2.39. The van der Waals surface area contributed by atoms with Crippen LogP contribution in [0.15, 0.2) is 36.4 Å². The van der Waals surface area contributed by atoms with Gasteiger partial charge in [-0.05, 0) is 70.9 Å². The Morgan fingerprint density at radius 1 is 1.03 bits per heavy atom. The van der Waals surface area contributed by atoms with Crippen LogP contribution in [0.25, 0.3) is 5.57 Å². The van der Waals surface area contributed by atoms with E-state index >= 15 is 0 Å². The Hall–Kier alpha value is -2.18. The number of thiophene rings is 1. The topological polar surface area (TPSA) is 55.8 Å². The van der Waals surface area contributed by atoms with Gasteiger partial charge in [0.1, 0.15) is 4.88 Å². The molecule has 0 aromatic carbocycles. The van der Waals surface area contributed by atoms with E-state index < -0.39 is 0 Å². The minimum atomic E-state index is -0.378. The second-order valence-corrected chi connectivity index (χ2v) is 10.5. The zero-order valence-electron chi connectivity index (χ0n) is 22.5. The number of hydrogen-bond donors (Lipinski definition) is 0. The van der Waals surface area contributed by atoms with Crippen LogP contribution >= 0.6 is 11.3 Å². The van der Waals surface area contributed by atoms with Crippen molar-refractivity contribution in [2.75, 3.05) is 18.1 Å². The van der Waals surface area contributed by atoms with Crippen LogP contribution in [0.4, 0.5) is 5.69 Å². The van der Waals surface area contributed by atoms with E-state index in [1.165, 1.54) is 23.3 Å². The molecule has 0 saturated heterocycles. The second kappa shape index (κ2) is 14.4. The summed E-state index contributed by atoms with van der Waals surface area (Å²) < 4.78 is 11.1. The smallest absolute Gasteiger partial charge is 0.350 e. The van der Waals surface area contributed by atoms with Gasteiger partial charge in [0.2, 0.25) is 5.91 Å². The Morgan fingerprint density at radius 2 is 1.77 bits per heavy atom. The lowest BCUT2D eigenvalue weighted by Crippen LogP contribution is -2.41. The summed E-state index contributed by atoms with van der Waals surface area (Å²) in [4.78, 5) is 30.2. The standard InChI is InChI=1S/C29H43NO4S/c1-8-33-23(7)18-17-22(6)30(28(31)21(5)16-15-20(3)4)25-19-26(24-13-11-10-12-14-24)35-27(25)29(32)34-9-2/h13,15-23H,8-12,14H2,1-7H3/b16-15+,18-17+. The number of nitrogens with zero attached hydrogens (tertiary/aromatic N) is 1. The minimum absolute atomic E-state index is 0.0457. The van der Waals surface area contributed by atoms with Crippen LogP contribution in [0.1, 0.15) is 88.7 Å². The fourth-order valence-electron chi connectivity index (χ4n) is 4.07. The summed E-state index contributed by atoms with van der Waals surface area (Å²) in [5, 5.41) is 0. The summed E-state index contributed by atoms with van der Waals surface area (Å²) >= 11 is 1.44. The quantitative estimate of drug-likeness (QED) is 0.221. The number of esters is 1. The molecule has 0 fully saturated rings. The third kappa shape index (κ3) is 8.46. The van der Waals surface area contributed by atoms with Crippen LogP contribution in [0.2, 0.25) is 0 Å². The summed E-state index contributed by atoms with van der Waals surface area (Å²) in [5.41, 5.74) is 1.89. The lowest BCUT2D eigenvalue weighted by atomic mass is 9.98. The first-order chi connectivity index (χ1) is 16.7. The average molecular weight is 502 g/mol. The molecule has 1 aliphatic rings. The molecule has 2 rings (SSSR count).